The summed E-state index contributed by atoms with van der Waals surface area (Å²) in [5.41, 5.74) is 0.543. The molecule has 84 heavy (non-hydrogen) atoms. The molecule has 11 aliphatic rings. The number of likely N-dealkylation sites (N-methyl/N-ethyl adjacent to an activating group) is 1. The van der Waals surface area contributed by atoms with Crippen molar-refractivity contribution in [1.82, 2.24) is 10.6 Å². The van der Waals surface area contributed by atoms with Crippen molar-refractivity contribution in [3.05, 3.63) is 65.8 Å². The van der Waals surface area contributed by atoms with Crippen molar-refractivity contribution >= 4 is 17.4 Å². The minimum atomic E-state index is -1.38. The molecule has 4 bridgehead atoms. The zero-order valence-corrected chi connectivity index (χ0v) is 50.5. The Kier molecular flexibility index (Phi) is 15.8. The van der Waals surface area contributed by atoms with Crippen molar-refractivity contribution < 1.29 is 44.2 Å². The van der Waals surface area contributed by atoms with Gasteiger partial charge in [-0.25, -0.2) is 0 Å². The van der Waals surface area contributed by atoms with Gasteiger partial charge in [0.05, 0.1) is 18.9 Å². The first-order chi connectivity index (χ1) is 40.8. The third-order valence-corrected chi connectivity index (χ3v) is 24.8. The molecule has 17 atom stereocenters. The largest absolute Gasteiger partial charge is 0.504 e. The minimum absolute atomic E-state index is 0.00608. The summed E-state index contributed by atoms with van der Waals surface area (Å²) in [7, 11) is 5.34. The van der Waals surface area contributed by atoms with Gasteiger partial charge in [-0.3, -0.25) is 15.1 Å². The lowest BCUT2D eigenvalue weighted by Gasteiger charge is -2.62. The second-order valence-corrected chi connectivity index (χ2v) is 28.7. The Morgan fingerprint density at radius 3 is 2.58 bits per heavy atom. The Bertz CT molecular complexity index is 3040. The zero-order valence-electron chi connectivity index (χ0n) is 50.5. The van der Waals surface area contributed by atoms with E-state index in [0.717, 1.165) is 89.0 Å². The van der Waals surface area contributed by atoms with Crippen molar-refractivity contribution in [3.63, 3.8) is 0 Å². The summed E-state index contributed by atoms with van der Waals surface area (Å²) in [4.78, 5) is 20.9. The van der Waals surface area contributed by atoms with E-state index < -0.39 is 27.6 Å². The molecule has 3 spiro atoms. The van der Waals surface area contributed by atoms with E-state index in [4.69, 9.17) is 23.9 Å². The maximum Gasteiger partial charge on any atom is 0.207 e. The van der Waals surface area contributed by atoms with E-state index in [1.807, 2.05) is 19.2 Å². The number of hydrogen-bond acceptors (Lipinski definition) is 11. The molecule has 13 nitrogen and oxygen atoms in total. The number of anilines is 1. The number of carbonyl (C=O) groups is 1. The van der Waals surface area contributed by atoms with Gasteiger partial charge in [-0.15, -0.1) is 0 Å². The summed E-state index contributed by atoms with van der Waals surface area (Å²) in [6.07, 6.45) is 34.0. The van der Waals surface area contributed by atoms with Gasteiger partial charge in [0.2, 0.25) is 11.7 Å². The van der Waals surface area contributed by atoms with E-state index in [0.29, 0.717) is 104 Å². The Morgan fingerprint density at radius 2 is 1.79 bits per heavy atom. The van der Waals surface area contributed by atoms with Crippen LogP contribution in [0.5, 0.6) is 23.0 Å². The lowest BCUT2D eigenvalue weighted by Crippen LogP contribution is -2.58. The molecule has 0 amide bonds. The molecule has 3 aliphatic heterocycles. The highest BCUT2D eigenvalue weighted by molar-refractivity contribution is 5.97. The molecule has 13 heteroatoms. The third kappa shape index (κ3) is 9.71. The predicted molar refractivity (Wildman–Crippen MR) is 325 cm³/mol. The second-order valence-electron chi connectivity index (χ2n) is 28.7. The average molecular weight is 1150 g/mol. The first-order valence-electron chi connectivity index (χ1n) is 32.8. The summed E-state index contributed by atoms with van der Waals surface area (Å²) in [6.45, 7) is 3.14. The van der Waals surface area contributed by atoms with Crippen LogP contribution >= 0.6 is 0 Å². The topological polar surface area (TPSA) is 183 Å². The molecule has 0 aromatic heterocycles. The van der Waals surface area contributed by atoms with Gasteiger partial charge in [0.15, 0.2) is 28.8 Å². The molecule has 452 valence electrons. The lowest BCUT2D eigenvalue weighted by molar-refractivity contribution is -0.307. The van der Waals surface area contributed by atoms with E-state index in [2.05, 4.69) is 83.3 Å². The van der Waals surface area contributed by atoms with Crippen LogP contribution in [0.15, 0.2) is 59.6 Å². The van der Waals surface area contributed by atoms with Gasteiger partial charge in [-0.05, 0) is 210 Å². The number of aliphatic hydroxyl groups excluding tert-OH is 2. The molecule has 7 N–H and O–H groups in total. The molecule has 7 saturated carbocycles. The number of carbonyl (C=O) groups excluding carboxylic acids is 1. The van der Waals surface area contributed by atoms with Crippen LogP contribution in [-0.4, -0.2) is 90.6 Å². The number of fused-ring (bicyclic) bond motifs is 13. The van der Waals surface area contributed by atoms with Crippen molar-refractivity contribution in [2.24, 2.45) is 86.3 Å². The van der Waals surface area contributed by atoms with Crippen LogP contribution in [0.4, 0.5) is 5.69 Å². The van der Waals surface area contributed by atoms with E-state index in [1.165, 1.54) is 37.7 Å². The van der Waals surface area contributed by atoms with Crippen molar-refractivity contribution in [2.45, 2.75) is 184 Å². The molecule has 17 unspecified atom stereocenters. The molecule has 1 saturated heterocycles. The molecule has 0 radical (unpaired) electrons. The maximum atomic E-state index is 16.1. The first kappa shape index (κ1) is 58.0. The van der Waals surface area contributed by atoms with Gasteiger partial charge in [0, 0.05) is 80.2 Å². The summed E-state index contributed by atoms with van der Waals surface area (Å²) in [5, 5.41) is 55.6. The summed E-state index contributed by atoms with van der Waals surface area (Å²) < 4.78 is 27.3. The third-order valence-electron chi connectivity index (χ3n) is 24.8. The fourth-order valence-corrected chi connectivity index (χ4v) is 21.4. The van der Waals surface area contributed by atoms with Gasteiger partial charge in [-0.2, -0.15) is 0 Å². The highest BCUT2D eigenvalue weighted by Gasteiger charge is 2.69. The summed E-state index contributed by atoms with van der Waals surface area (Å²) >= 11 is 0. The highest BCUT2D eigenvalue weighted by atomic mass is 16.6. The number of guanidine groups is 1. The molecule has 8 fully saturated rings. The van der Waals surface area contributed by atoms with Gasteiger partial charge >= 0.3 is 0 Å². The molecule has 2 aromatic carbocycles. The Morgan fingerprint density at radius 1 is 0.929 bits per heavy atom. The number of nitrogens with one attached hydrogen (secondary N) is 3. The summed E-state index contributed by atoms with van der Waals surface area (Å²) in [6, 6.07) is 13.5. The van der Waals surface area contributed by atoms with Gasteiger partial charge in [-0.1, -0.05) is 75.2 Å². The van der Waals surface area contributed by atoms with Crippen LogP contribution in [-0.2, 0) is 21.4 Å². The van der Waals surface area contributed by atoms with E-state index in [9.17, 15) is 20.4 Å². The number of phenolic OH excluding ortho intramolecular Hbond substituents is 1. The molecule has 8 aliphatic carbocycles. The Hall–Kier alpha value is -5.02. The number of aliphatic imine (C=N–C) groups is 1. The monoisotopic (exact) mass is 1150 g/mol. The molecule has 2 aromatic rings. The SMILES string of the molecule is CCC1CCC2C(C1)C1C=CC(=O)C3(Cc4ccc(O)c(OC)c4)CCCC3CC#CNC(=NC)Nc3cc(cc4c3OC#CCC3CC(CNC)(CC35C=CC3CC6CCC(CO)C6OC3(O)C5)O4)C13CCC1(CCCC1)C3C2CCCO. The van der Waals surface area contributed by atoms with Crippen molar-refractivity contribution in [1.29, 1.82) is 0 Å². The van der Waals surface area contributed by atoms with Crippen LogP contribution < -0.4 is 30.2 Å². The molecule has 13 rings (SSSR count). The van der Waals surface area contributed by atoms with Crippen molar-refractivity contribution in [2.75, 3.05) is 46.3 Å². The molecular formula is C71H94N4O9. The van der Waals surface area contributed by atoms with E-state index >= 15 is 4.79 Å². The normalized spacial score (nSPS) is 40.9. The standard InChI is InChI=1S/C71H94N4O9/c1-5-45-16-20-53-54(15-10-32-76)64-66(25-6-7-26-66)29-30-70(64)52-37-57(75-65(73-3)74-31-9-13-49-12-8-27-69(49,61(79)23-21-56(70)55(53)34-45)39-46-17-22-58(78)59(35-46)81-4)63-60(38-52)83-68(44-72-2)40-51(14-11-33-82-63)67(42-68)28-24-50-36-47-18-19-48(41-77)62(47)84-71(50,80)43-67/h17,21-24,28,35,37-38,45,47-51,53-56,62,64,72,76-78,80H,5-8,10,12-16,18-20,25-27,29-30,32,34,36,39-44H2,1-4H3,(H2,73,74,75). The lowest BCUT2D eigenvalue weighted by atomic mass is 9.42. The van der Waals surface area contributed by atoms with Crippen LogP contribution in [0.1, 0.15) is 166 Å². The number of aliphatic hydroxyl groups is 3. The second kappa shape index (κ2) is 22.9. The van der Waals surface area contributed by atoms with E-state index in [-0.39, 0.29) is 71.8 Å². The summed E-state index contributed by atoms with van der Waals surface area (Å²) in [5.74, 6) is 10.1. The van der Waals surface area contributed by atoms with Crippen LogP contribution in [0, 0.1) is 105 Å². The van der Waals surface area contributed by atoms with Gasteiger partial charge < -0.3 is 50.0 Å². The zero-order chi connectivity index (χ0) is 58.1. The number of nitrogens with zero attached hydrogens (tertiary/aromatic N) is 1. The Balaban J connectivity index is 0.996. The smallest absolute Gasteiger partial charge is 0.207 e. The number of ether oxygens (including phenoxy) is 4. The number of allylic oxidation sites excluding steroid dienone is 3. The molecule has 3 heterocycles. The van der Waals surface area contributed by atoms with Crippen molar-refractivity contribution in [3.8, 4) is 47.0 Å². The maximum absolute atomic E-state index is 16.1. The fraction of sp³-hybridized carbons (Fsp3) is 0.690. The first-order valence-corrected chi connectivity index (χ1v) is 32.8. The molecular weight excluding hydrogens is 1050 g/mol. The number of phenols is 1. The minimum Gasteiger partial charge on any atom is -0.504 e. The number of hydrogen-bond donors (Lipinski definition) is 7. The number of rotatable bonds is 10. The number of aromatic hydroxyl groups is 1. The van der Waals surface area contributed by atoms with Crippen LogP contribution in [0.2, 0.25) is 0 Å². The van der Waals surface area contributed by atoms with E-state index in [1.54, 1.807) is 20.2 Å². The van der Waals surface area contributed by atoms with Gasteiger partial charge in [0.25, 0.3) is 0 Å². The number of ketones is 1. The van der Waals surface area contributed by atoms with Crippen LogP contribution in [0.25, 0.3) is 0 Å². The van der Waals surface area contributed by atoms with Gasteiger partial charge in [0.1, 0.15) is 11.7 Å². The number of benzene rings is 2. The quantitative estimate of drug-likeness (QED) is 0.0884. The fourth-order valence-electron chi connectivity index (χ4n) is 21.4. The average Bonchev–Trinajstić information content (AvgIpc) is 1.84. The highest BCUT2D eigenvalue weighted by Crippen LogP contribution is 2.74. The van der Waals surface area contributed by atoms with Crippen LogP contribution in [0.3, 0.4) is 0 Å². The Labute approximate surface area is 499 Å². The predicted octanol–water partition coefficient (Wildman–Crippen LogP) is 11.1. The number of methoxy groups -OCH3 is 1.